The van der Waals surface area contributed by atoms with Crippen molar-refractivity contribution in [2.45, 2.75) is 26.2 Å². The Labute approximate surface area is 169 Å². The quantitative estimate of drug-likeness (QED) is 0.854. The molecule has 2 aromatic heterocycles. The van der Waals surface area contributed by atoms with E-state index in [1.54, 1.807) is 23.7 Å². The minimum Gasteiger partial charge on any atom is -0.338 e. The second-order valence-corrected chi connectivity index (χ2v) is 8.63. The molecule has 1 aliphatic heterocycles. The molecule has 146 valence electrons. The Morgan fingerprint density at radius 3 is 2.79 bits per heavy atom. The Morgan fingerprint density at radius 1 is 1.32 bits per heavy atom. The van der Waals surface area contributed by atoms with Crippen LogP contribution in [0.5, 0.6) is 0 Å². The van der Waals surface area contributed by atoms with Gasteiger partial charge >= 0.3 is 0 Å². The van der Waals surface area contributed by atoms with Gasteiger partial charge in [0.1, 0.15) is 11.1 Å². The van der Waals surface area contributed by atoms with Crippen molar-refractivity contribution in [3.8, 4) is 6.07 Å². The van der Waals surface area contributed by atoms with Crippen molar-refractivity contribution < 1.29 is 4.79 Å². The third-order valence-corrected chi connectivity index (χ3v) is 6.62. The molecule has 0 spiro atoms. The molecule has 2 aliphatic rings. The monoisotopic (exact) mass is 396 g/mol. The lowest BCUT2D eigenvalue weighted by Crippen LogP contribution is -2.49. The van der Waals surface area contributed by atoms with E-state index in [4.69, 9.17) is 0 Å². The van der Waals surface area contributed by atoms with E-state index in [2.05, 4.69) is 38.1 Å². The van der Waals surface area contributed by atoms with Crippen LogP contribution in [0.2, 0.25) is 0 Å². The molecule has 1 amide bonds. The highest BCUT2D eigenvalue weighted by Crippen LogP contribution is 2.39. The molecular formula is C20H24N6OS. The molecule has 1 aliphatic carbocycles. The fourth-order valence-electron chi connectivity index (χ4n) is 3.89. The van der Waals surface area contributed by atoms with Crippen LogP contribution in [0.3, 0.4) is 0 Å². The second-order valence-electron chi connectivity index (χ2n) is 7.53. The van der Waals surface area contributed by atoms with Gasteiger partial charge in [0.25, 0.3) is 0 Å². The SMILES string of the molecule is C[C@H]1CCc2c(sc(NC(=O)CN3CCN(c4ncccn4)CC3)c2C#N)C1. The van der Waals surface area contributed by atoms with Gasteiger partial charge in [-0.05, 0) is 36.8 Å². The summed E-state index contributed by atoms with van der Waals surface area (Å²) in [5.74, 6) is 1.34. The van der Waals surface area contributed by atoms with Crippen molar-refractivity contribution in [3.05, 3.63) is 34.5 Å². The first kappa shape index (κ1) is 18.8. The van der Waals surface area contributed by atoms with Gasteiger partial charge in [-0.1, -0.05) is 6.92 Å². The normalized spacial score (nSPS) is 19.7. The number of thiophene rings is 1. The number of hydrogen-bond acceptors (Lipinski definition) is 7. The van der Waals surface area contributed by atoms with Crippen LogP contribution in [-0.2, 0) is 17.6 Å². The van der Waals surface area contributed by atoms with Crippen LogP contribution in [0.15, 0.2) is 18.5 Å². The van der Waals surface area contributed by atoms with E-state index < -0.39 is 0 Å². The van der Waals surface area contributed by atoms with Crippen LogP contribution in [0.25, 0.3) is 0 Å². The number of nitrogens with zero attached hydrogens (tertiary/aromatic N) is 5. The molecule has 7 nitrogen and oxygen atoms in total. The van der Waals surface area contributed by atoms with Gasteiger partial charge in [0.2, 0.25) is 11.9 Å². The average Bonchev–Trinajstić information content (AvgIpc) is 3.04. The Balaban J connectivity index is 1.34. The van der Waals surface area contributed by atoms with Crippen LogP contribution in [0.1, 0.15) is 29.3 Å². The Hall–Kier alpha value is -2.50. The maximum atomic E-state index is 12.6. The van der Waals surface area contributed by atoms with Crippen LogP contribution in [-0.4, -0.2) is 53.5 Å². The Kier molecular flexibility index (Phi) is 5.55. The third-order valence-electron chi connectivity index (χ3n) is 5.45. The molecule has 1 fully saturated rings. The zero-order valence-corrected chi connectivity index (χ0v) is 16.8. The highest BCUT2D eigenvalue weighted by molar-refractivity contribution is 7.16. The highest BCUT2D eigenvalue weighted by atomic mass is 32.1. The minimum absolute atomic E-state index is 0.0486. The number of carbonyl (C=O) groups excluding carboxylic acids is 1. The number of fused-ring (bicyclic) bond motifs is 1. The number of rotatable bonds is 4. The molecule has 28 heavy (non-hydrogen) atoms. The molecule has 8 heteroatoms. The van der Waals surface area contributed by atoms with E-state index in [0.29, 0.717) is 18.0 Å². The molecule has 0 unspecified atom stereocenters. The number of nitrogens with one attached hydrogen (secondary N) is 1. The topological polar surface area (TPSA) is 85.2 Å². The van der Waals surface area contributed by atoms with Crippen molar-refractivity contribution in [2.75, 3.05) is 42.9 Å². The van der Waals surface area contributed by atoms with E-state index in [9.17, 15) is 10.1 Å². The summed E-state index contributed by atoms with van der Waals surface area (Å²) in [7, 11) is 0. The maximum absolute atomic E-state index is 12.6. The molecule has 1 N–H and O–H groups in total. The van der Waals surface area contributed by atoms with Crippen LogP contribution < -0.4 is 10.2 Å². The summed E-state index contributed by atoms with van der Waals surface area (Å²) in [6, 6.07) is 4.12. The van der Waals surface area contributed by atoms with Gasteiger partial charge in [-0.2, -0.15) is 5.26 Å². The molecule has 0 radical (unpaired) electrons. The Morgan fingerprint density at radius 2 is 2.07 bits per heavy atom. The number of aromatic nitrogens is 2. The predicted molar refractivity (Wildman–Crippen MR) is 110 cm³/mol. The molecule has 0 aromatic carbocycles. The lowest BCUT2D eigenvalue weighted by atomic mass is 9.89. The van der Waals surface area contributed by atoms with Gasteiger partial charge in [-0.15, -0.1) is 11.3 Å². The molecule has 1 saturated heterocycles. The van der Waals surface area contributed by atoms with E-state index in [-0.39, 0.29) is 5.91 Å². The van der Waals surface area contributed by atoms with Crippen molar-refractivity contribution in [2.24, 2.45) is 5.92 Å². The molecular weight excluding hydrogens is 372 g/mol. The molecule has 3 heterocycles. The summed E-state index contributed by atoms with van der Waals surface area (Å²) in [5, 5.41) is 13.3. The van der Waals surface area contributed by atoms with Crippen LogP contribution in [0.4, 0.5) is 10.9 Å². The van der Waals surface area contributed by atoms with Gasteiger partial charge < -0.3 is 10.2 Å². The van der Waals surface area contributed by atoms with Gasteiger partial charge in [-0.3, -0.25) is 9.69 Å². The lowest BCUT2D eigenvalue weighted by Gasteiger charge is -2.34. The van der Waals surface area contributed by atoms with Gasteiger partial charge in [0.15, 0.2) is 0 Å². The van der Waals surface area contributed by atoms with Crippen molar-refractivity contribution in [1.29, 1.82) is 5.26 Å². The summed E-state index contributed by atoms with van der Waals surface area (Å²) in [5.41, 5.74) is 1.82. The average molecular weight is 397 g/mol. The third kappa shape index (κ3) is 4.01. The largest absolute Gasteiger partial charge is 0.338 e. The summed E-state index contributed by atoms with van der Waals surface area (Å²) in [4.78, 5) is 26.7. The van der Waals surface area contributed by atoms with E-state index in [0.717, 1.165) is 62.0 Å². The molecule has 4 rings (SSSR count). The number of amides is 1. The fourth-order valence-corrected chi connectivity index (χ4v) is 5.26. The van der Waals surface area contributed by atoms with Gasteiger partial charge in [-0.25, -0.2) is 9.97 Å². The molecule has 0 bridgehead atoms. The molecule has 0 saturated carbocycles. The van der Waals surface area contributed by atoms with Crippen molar-refractivity contribution >= 4 is 28.2 Å². The van der Waals surface area contributed by atoms with Gasteiger partial charge in [0.05, 0.1) is 12.1 Å². The number of nitriles is 1. The Bertz CT molecular complexity index is 882. The summed E-state index contributed by atoms with van der Waals surface area (Å²) < 4.78 is 0. The number of hydrogen-bond donors (Lipinski definition) is 1. The maximum Gasteiger partial charge on any atom is 0.239 e. The van der Waals surface area contributed by atoms with E-state index >= 15 is 0 Å². The molecule has 1 atom stereocenters. The number of anilines is 2. The number of carbonyl (C=O) groups is 1. The second kappa shape index (κ2) is 8.25. The summed E-state index contributed by atoms with van der Waals surface area (Å²) in [6.07, 6.45) is 6.55. The first-order valence-electron chi connectivity index (χ1n) is 9.73. The molecule has 2 aromatic rings. The highest BCUT2D eigenvalue weighted by Gasteiger charge is 2.26. The summed E-state index contributed by atoms with van der Waals surface area (Å²) in [6.45, 7) is 5.75. The van der Waals surface area contributed by atoms with Crippen molar-refractivity contribution in [1.82, 2.24) is 14.9 Å². The van der Waals surface area contributed by atoms with Crippen LogP contribution in [0, 0.1) is 17.2 Å². The van der Waals surface area contributed by atoms with Crippen molar-refractivity contribution in [3.63, 3.8) is 0 Å². The minimum atomic E-state index is -0.0486. The predicted octanol–water partition coefficient (Wildman–Crippen LogP) is 2.30. The fraction of sp³-hybridized carbons (Fsp3) is 0.500. The summed E-state index contributed by atoms with van der Waals surface area (Å²) >= 11 is 1.58. The number of piperazine rings is 1. The zero-order chi connectivity index (χ0) is 19.5. The lowest BCUT2D eigenvalue weighted by molar-refractivity contribution is -0.117. The smallest absolute Gasteiger partial charge is 0.239 e. The van der Waals surface area contributed by atoms with E-state index in [1.165, 1.54) is 4.88 Å². The first-order valence-corrected chi connectivity index (χ1v) is 10.5. The zero-order valence-electron chi connectivity index (χ0n) is 16.0. The standard InChI is InChI=1S/C20H24N6OS/c1-14-3-4-15-16(12-21)19(28-17(15)11-14)24-18(27)13-25-7-9-26(10-8-25)20-22-5-2-6-23-20/h2,5-6,14H,3-4,7-11,13H2,1H3,(H,24,27)/t14-/m0/s1. The van der Waals surface area contributed by atoms with Crippen LogP contribution >= 0.6 is 11.3 Å². The van der Waals surface area contributed by atoms with E-state index in [1.807, 2.05) is 6.07 Å². The first-order chi connectivity index (χ1) is 13.6. The van der Waals surface area contributed by atoms with Gasteiger partial charge in [0, 0.05) is 43.4 Å².